The summed E-state index contributed by atoms with van der Waals surface area (Å²) in [5.41, 5.74) is 3.24. The van der Waals surface area contributed by atoms with Crippen LogP contribution in [0, 0.1) is 20.8 Å². The number of carbonyl (C=O) groups is 1. The normalized spacial score (nSPS) is 13.8. The molecule has 0 saturated heterocycles. The summed E-state index contributed by atoms with van der Waals surface area (Å²) in [5.74, 6) is -0.316. The molecule has 28 heavy (non-hydrogen) atoms. The maximum atomic E-state index is 13.2. The Balaban J connectivity index is 2.36. The standard InChI is InChI=1S/C22H30N2O3S/c1-6-18(5)23-22(25)20(14-19-10-8-7-9-11-19)24-28(26,27)21-16(3)12-15(2)13-17(21)4/h7-13,18,20,24H,6,14H2,1-5H3,(H,23,25)/t18-,20-/m0/s1. The summed E-state index contributed by atoms with van der Waals surface area (Å²) < 4.78 is 29.0. The van der Waals surface area contributed by atoms with Crippen LogP contribution in [0.1, 0.15) is 42.5 Å². The third-order valence-electron chi connectivity index (χ3n) is 4.77. The minimum atomic E-state index is -3.86. The number of sulfonamides is 1. The summed E-state index contributed by atoms with van der Waals surface area (Å²) in [6.45, 7) is 9.36. The van der Waals surface area contributed by atoms with Crippen molar-refractivity contribution < 1.29 is 13.2 Å². The van der Waals surface area contributed by atoms with E-state index in [1.807, 2.05) is 63.2 Å². The highest BCUT2D eigenvalue weighted by Gasteiger charge is 2.28. The number of amides is 1. The van der Waals surface area contributed by atoms with Crippen LogP contribution < -0.4 is 10.0 Å². The Hall–Kier alpha value is -2.18. The predicted octanol–water partition coefficient (Wildman–Crippen LogP) is 3.42. The van der Waals surface area contributed by atoms with Gasteiger partial charge in [-0.15, -0.1) is 0 Å². The molecule has 0 radical (unpaired) electrons. The molecular weight excluding hydrogens is 372 g/mol. The molecule has 0 aromatic heterocycles. The first kappa shape index (κ1) is 22.1. The second-order valence-electron chi connectivity index (χ2n) is 7.41. The van der Waals surface area contributed by atoms with Crippen molar-refractivity contribution >= 4 is 15.9 Å². The molecule has 0 saturated carbocycles. The summed E-state index contributed by atoms with van der Waals surface area (Å²) in [4.78, 5) is 13.1. The number of hydrogen-bond donors (Lipinski definition) is 2. The number of carbonyl (C=O) groups excluding carboxylic acids is 1. The Kier molecular flexibility index (Phi) is 7.38. The average Bonchev–Trinajstić information content (AvgIpc) is 2.60. The van der Waals surface area contributed by atoms with E-state index in [1.54, 1.807) is 13.8 Å². The first-order valence-corrected chi connectivity index (χ1v) is 11.1. The molecule has 0 aliphatic rings. The maximum Gasteiger partial charge on any atom is 0.241 e. The number of nitrogens with one attached hydrogen (secondary N) is 2. The molecule has 6 heteroatoms. The topological polar surface area (TPSA) is 75.3 Å². The third kappa shape index (κ3) is 5.66. The van der Waals surface area contributed by atoms with Gasteiger partial charge in [0, 0.05) is 6.04 Å². The minimum Gasteiger partial charge on any atom is -0.352 e. The molecule has 5 nitrogen and oxygen atoms in total. The van der Waals surface area contributed by atoms with Crippen molar-refractivity contribution in [3.63, 3.8) is 0 Å². The highest BCUT2D eigenvalue weighted by molar-refractivity contribution is 7.89. The van der Waals surface area contributed by atoms with E-state index >= 15 is 0 Å². The molecule has 2 atom stereocenters. The van der Waals surface area contributed by atoms with Crippen LogP contribution in [0.25, 0.3) is 0 Å². The first-order valence-electron chi connectivity index (χ1n) is 9.58. The Morgan fingerprint density at radius 3 is 2.14 bits per heavy atom. The maximum absolute atomic E-state index is 13.2. The van der Waals surface area contributed by atoms with Gasteiger partial charge in [0.25, 0.3) is 0 Å². The van der Waals surface area contributed by atoms with Crippen molar-refractivity contribution in [2.45, 2.75) is 64.4 Å². The number of benzene rings is 2. The van der Waals surface area contributed by atoms with Gasteiger partial charge in [-0.3, -0.25) is 4.79 Å². The van der Waals surface area contributed by atoms with E-state index in [0.717, 1.165) is 17.5 Å². The molecule has 0 unspecified atom stereocenters. The Morgan fingerprint density at radius 2 is 1.61 bits per heavy atom. The van der Waals surface area contributed by atoms with Gasteiger partial charge in [0.1, 0.15) is 6.04 Å². The predicted molar refractivity (Wildman–Crippen MR) is 113 cm³/mol. The van der Waals surface area contributed by atoms with Crippen molar-refractivity contribution in [3.8, 4) is 0 Å². The van der Waals surface area contributed by atoms with E-state index in [-0.39, 0.29) is 23.3 Å². The fourth-order valence-corrected chi connectivity index (χ4v) is 4.97. The van der Waals surface area contributed by atoms with Gasteiger partial charge in [0.2, 0.25) is 15.9 Å². The van der Waals surface area contributed by atoms with Gasteiger partial charge in [0.05, 0.1) is 4.90 Å². The fraction of sp³-hybridized carbons (Fsp3) is 0.409. The Bertz CT molecular complexity index is 901. The zero-order chi connectivity index (χ0) is 20.9. The molecule has 0 bridgehead atoms. The van der Waals surface area contributed by atoms with Gasteiger partial charge in [-0.1, -0.05) is 55.0 Å². The van der Waals surface area contributed by atoms with Crippen LogP contribution in [0.4, 0.5) is 0 Å². The molecule has 0 aliphatic carbocycles. The molecular formula is C22H30N2O3S. The molecule has 152 valence electrons. The largest absolute Gasteiger partial charge is 0.352 e. The Morgan fingerprint density at radius 1 is 1.04 bits per heavy atom. The van der Waals surface area contributed by atoms with Crippen LogP contribution in [0.3, 0.4) is 0 Å². The van der Waals surface area contributed by atoms with Crippen molar-refractivity contribution in [2.24, 2.45) is 0 Å². The number of aryl methyl sites for hydroxylation is 3. The van der Waals surface area contributed by atoms with Crippen LogP contribution in [-0.4, -0.2) is 26.4 Å². The van der Waals surface area contributed by atoms with Gasteiger partial charge in [0.15, 0.2) is 0 Å². The lowest BCUT2D eigenvalue weighted by Crippen LogP contribution is -2.50. The molecule has 0 spiro atoms. The summed E-state index contributed by atoms with van der Waals surface area (Å²) >= 11 is 0. The van der Waals surface area contributed by atoms with Crippen molar-refractivity contribution in [1.82, 2.24) is 10.0 Å². The van der Waals surface area contributed by atoms with E-state index in [1.165, 1.54) is 0 Å². The summed E-state index contributed by atoms with van der Waals surface area (Å²) in [6, 6.07) is 12.2. The van der Waals surface area contributed by atoms with Gasteiger partial charge < -0.3 is 5.32 Å². The van der Waals surface area contributed by atoms with Gasteiger partial charge in [-0.25, -0.2) is 8.42 Å². The van der Waals surface area contributed by atoms with Gasteiger partial charge in [-0.2, -0.15) is 4.72 Å². The van der Waals surface area contributed by atoms with E-state index < -0.39 is 16.1 Å². The molecule has 1 amide bonds. The molecule has 2 rings (SSSR count). The highest BCUT2D eigenvalue weighted by Crippen LogP contribution is 2.22. The zero-order valence-corrected chi connectivity index (χ0v) is 18.1. The fourth-order valence-electron chi connectivity index (χ4n) is 3.32. The molecule has 2 aromatic carbocycles. The Labute approximate surface area is 168 Å². The van der Waals surface area contributed by atoms with E-state index in [2.05, 4.69) is 10.0 Å². The molecule has 0 heterocycles. The first-order chi connectivity index (χ1) is 13.1. The SMILES string of the molecule is CC[C@H](C)NC(=O)[C@H](Cc1ccccc1)NS(=O)(=O)c1c(C)cc(C)cc1C. The number of rotatable bonds is 8. The van der Waals surface area contributed by atoms with Gasteiger partial charge >= 0.3 is 0 Å². The highest BCUT2D eigenvalue weighted by atomic mass is 32.2. The lowest BCUT2D eigenvalue weighted by molar-refractivity contribution is -0.123. The second kappa shape index (κ2) is 9.34. The second-order valence-corrected chi connectivity index (χ2v) is 9.06. The third-order valence-corrected chi connectivity index (χ3v) is 6.55. The zero-order valence-electron chi connectivity index (χ0n) is 17.2. The van der Waals surface area contributed by atoms with Crippen LogP contribution in [-0.2, 0) is 21.2 Å². The summed E-state index contributed by atoms with van der Waals surface area (Å²) in [7, 11) is -3.86. The van der Waals surface area contributed by atoms with Crippen LogP contribution >= 0.6 is 0 Å². The van der Waals surface area contributed by atoms with Crippen molar-refractivity contribution in [1.29, 1.82) is 0 Å². The summed E-state index contributed by atoms with van der Waals surface area (Å²) in [6.07, 6.45) is 1.05. The average molecular weight is 403 g/mol. The van der Waals surface area contributed by atoms with Crippen LogP contribution in [0.2, 0.25) is 0 Å². The van der Waals surface area contributed by atoms with E-state index in [9.17, 15) is 13.2 Å². The minimum absolute atomic E-state index is 0.0295. The molecule has 0 aliphatic heterocycles. The molecule has 0 fully saturated rings. The number of hydrogen-bond acceptors (Lipinski definition) is 3. The summed E-state index contributed by atoms with van der Waals surface area (Å²) in [5, 5.41) is 2.90. The van der Waals surface area contributed by atoms with Crippen LogP contribution in [0.15, 0.2) is 47.4 Å². The smallest absolute Gasteiger partial charge is 0.241 e. The lowest BCUT2D eigenvalue weighted by atomic mass is 10.1. The molecule has 2 aromatic rings. The van der Waals surface area contributed by atoms with Gasteiger partial charge in [-0.05, 0) is 57.2 Å². The monoisotopic (exact) mass is 402 g/mol. The van der Waals surface area contributed by atoms with Crippen molar-refractivity contribution in [2.75, 3.05) is 0 Å². The van der Waals surface area contributed by atoms with Crippen LogP contribution in [0.5, 0.6) is 0 Å². The quantitative estimate of drug-likeness (QED) is 0.710. The van der Waals surface area contributed by atoms with E-state index in [4.69, 9.17) is 0 Å². The lowest BCUT2D eigenvalue weighted by Gasteiger charge is -2.22. The molecule has 2 N–H and O–H groups in total. The van der Waals surface area contributed by atoms with Crippen molar-refractivity contribution in [3.05, 3.63) is 64.7 Å². The van der Waals surface area contributed by atoms with E-state index in [0.29, 0.717) is 11.1 Å².